The average molecular weight is 246 g/mol. The predicted octanol–water partition coefficient (Wildman–Crippen LogP) is 0.487. The third-order valence-corrected chi connectivity index (χ3v) is 5.86. The van der Waals surface area contributed by atoms with Crippen molar-refractivity contribution in [3.8, 4) is 0 Å². The number of hydrogen-bond acceptors (Lipinski definition) is 5. The zero-order valence-electron chi connectivity index (χ0n) is 8.06. The number of carbonyl (C=O) groups excluding carboxylic acids is 1. The normalized spacial score (nSPS) is 16.6. The van der Waals surface area contributed by atoms with Gasteiger partial charge in [-0.1, -0.05) is 0 Å². The van der Waals surface area contributed by atoms with Gasteiger partial charge in [0.1, 0.15) is 5.69 Å². The molecule has 1 aliphatic rings. The van der Waals surface area contributed by atoms with Gasteiger partial charge in [0, 0.05) is 4.88 Å². The molecule has 1 saturated carbocycles. The van der Waals surface area contributed by atoms with E-state index in [0.717, 1.165) is 11.3 Å². The summed E-state index contributed by atoms with van der Waals surface area (Å²) in [6.45, 7) is 1.64. The number of carbonyl (C=O) groups is 1. The molecule has 15 heavy (non-hydrogen) atoms. The summed E-state index contributed by atoms with van der Waals surface area (Å²) in [4.78, 5) is 15.3. The Hall–Kier alpha value is -0.950. The number of aromatic nitrogens is 1. The maximum Gasteiger partial charge on any atom is 0.268 e. The maximum absolute atomic E-state index is 11.8. The van der Waals surface area contributed by atoms with E-state index < -0.39 is 15.7 Å². The predicted molar refractivity (Wildman–Crippen MR) is 55.6 cm³/mol. The van der Waals surface area contributed by atoms with Gasteiger partial charge in [-0.2, -0.15) is 0 Å². The Morgan fingerprint density at radius 3 is 2.53 bits per heavy atom. The highest BCUT2D eigenvalue weighted by atomic mass is 32.2. The fourth-order valence-electron chi connectivity index (χ4n) is 1.24. The molecule has 0 radical (unpaired) electrons. The van der Waals surface area contributed by atoms with Crippen molar-refractivity contribution in [2.45, 2.75) is 29.4 Å². The zero-order valence-corrected chi connectivity index (χ0v) is 9.69. The SMILES string of the molecule is Cc1sc(S(=O)(=O)C2CC2)nc1C(N)=O. The molecule has 1 aromatic rings. The van der Waals surface area contributed by atoms with Gasteiger partial charge in [0.05, 0.1) is 5.25 Å². The van der Waals surface area contributed by atoms with Crippen LogP contribution in [-0.4, -0.2) is 24.6 Å². The molecule has 0 spiro atoms. The summed E-state index contributed by atoms with van der Waals surface area (Å²) >= 11 is 1.02. The molecule has 0 unspecified atom stereocenters. The van der Waals surface area contributed by atoms with Crippen LogP contribution < -0.4 is 5.73 Å². The molecule has 2 N–H and O–H groups in total. The summed E-state index contributed by atoms with van der Waals surface area (Å²) in [6, 6.07) is 0. The zero-order chi connectivity index (χ0) is 11.2. The van der Waals surface area contributed by atoms with Crippen LogP contribution >= 0.6 is 11.3 Å². The van der Waals surface area contributed by atoms with E-state index in [9.17, 15) is 13.2 Å². The Labute approximate surface area is 91.2 Å². The number of primary amides is 1. The molecular formula is C8H10N2O3S2. The van der Waals surface area contributed by atoms with E-state index >= 15 is 0 Å². The van der Waals surface area contributed by atoms with E-state index in [-0.39, 0.29) is 15.3 Å². The van der Waals surface area contributed by atoms with Crippen LogP contribution in [0.5, 0.6) is 0 Å². The van der Waals surface area contributed by atoms with Crippen molar-refractivity contribution in [1.29, 1.82) is 0 Å². The largest absolute Gasteiger partial charge is 0.364 e. The number of sulfone groups is 1. The third kappa shape index (κ3) is 1.76. The van der Waals surface area contributed by atoms with Crippen molar-refractivity contribution in [3.63, 3.8) is 0 Å². The highest BCUT2D eigenvalue weighted by Crippen LogP contribution is 2.35. The molecule has 0 aromatic carbocycles. The molecule has 82 valence electrons. The van der Waals surface area contributed by atoms with Crippen LogP contribution in [0.3, 0.4) is 0 Å². The number of nitrogens with zero attached hydrogens (tertiary/aromatic N) is 1. The lowest BCUT2D eigenvalue weighted by Crippen LogP contribution is -2.13. The Morgan fingerprint density at radius 1 is 1.53 bits per heavy atom. The van der Waals surface area contributed by atoms with Crippen molar-refractivity contribution in [2.24, 2.45) is 5.73 Å². The fraction of sp³-hybridized carbons (Fsp3) is 0.500. The van der Waals surface area contributed by atoms with Gasteiger partial charge in [0.2, 0.25) is 14.2 Å². The van der Waals surface area contributed by atoms with E-state index in [0.29, 0.717) is 17.7 Å². The van der Waals surface area contributed by atoms with Gasteiger partial charge >= 0.3 is 0 Å². The lowest BCUT2D eigenvalue weighted by molar-refractivity contribution is 0.0995. The molecule has 0 atom stereocenters. The molecule has 1 fully saturated rings. The van der Waals surface area contributed by atoms with Crippen LogP contribution in [0.2, 0.25) is 0 Å². The molecule has 0 bridgehead atoms. The summed E-state index contributed by atoms with van der Waals surface area (Å²) in [6.07, 6.45) is 1.37. The number of amides is 1. The standard InChI is InChI=1S/C8H10N2O3S2/c1-4-6(7(9)11)10-8(14-4)15(12,13)5-2-3-5/h5H,2-3H2,1H3,(H2,9,11). The first kappa shape index (κ1) is 10.6. The van der Waals surface area contributed by atoms with Gasteiger partial charge in [-0.25, -0.2) is 13.4 Å². The van der Waals surface area contributed by atoms with Gasteiger partial charge in [0.15, 0.2) is 0 Å². The second kappa shape index (κ2) is 3.28. The minimum atomic E-state index is -3.30. The molecule has 2 rings (SSSR count). The van der Waals surface area contributed by atoms with Crippen LogP contribution in [0.25, 0.3) is 0 Å². The highest BCUT2D eigenvalue weighted by molar-refractivity contribution is 7.94. The summed E-state index contributed by atoms with van der Waals surface area (Å²) in [7, 11) is -3.30. The number of rotatable bonds is 3. The van der Waals surface area contributed by atoms with Crippen molar-refractivity contribution in [2.75, 3.05) is 0 Å². The number of thiazole rings is 1. The van der Waals surface area contributed by atoms with E-state index in [1.165, 1.54) is 0 Å². The molecule has 1 aliphatic carbocycles. The Balaban J connectivity index is 2.46. The molecule has 7 heteroatoms. The van der Waals surface area contributed by atoms with Crippen LogP contribution in [0, 0.1) is 6.92 Å². The van der Waals surface area contributed by atoms with Gasteiger partial charge in [-0.05, 0) is 19.8 Å². The summed E-state index contributed by atoms with van der Waals surface area (Å²) < 4.78 is 23.6. The van der Waals surface area contributed by atoms with Gasteiger partial charge < -0.3 is 5.73 Å². The van der Waals surface area contributed by atoms with Crippen LogP contribution in [0.15, 0.2) is 4.34 Å². The van der Waals surface area contributed by atoms with Crippen LogP contribution in [0.4, 0.5) is 0 Å². The van der Waals surface area contributed by atoms with Gasteiger partial charge in [-0.15, -0.1) is 11.3 Å². The van der Waals surface area contributed by atoms with Crippen LogP contribution in [0.1, 0.15) is 28.2 Å². The second-order valence-corrected chi connectivity index (χ2v) is 7.10. The molecule has 1 heterocycles. The number of nitrogens with two attached hydrogens (primary N) is 1. The van der Waals surface area contributed by atoms with Crippen molar-refractivity contribution >= 4 is 27.1 Å². The molecule has 1 aromatic heterocycles. The molecule has 5 nitrogen and oxygen atoms in total. The van der Waals surface area contributed by atoms with Crippen LogP contribution in [-0.2, 0) is 9.84 Å². The number of aryl methyl sites for hydroxylation is 1. The summed E-state index contributed by atoms with van der Waals surface area (Å²) in [5.41, 5.74) is 5.14. The first-order chi connectivity index (χ1) is 6.93. The number of hydrogen-bond donors (Lipinski definition) is 1. The Kier molecular flexibility index (Phi) is 2.31. The van der Waals surface area contributed by atoms with Gasteiger partial charge in [-0.3, -0.25) is 4.79 Å². The monoisotopic (exact) mass is 246 g/mol. The van der Waals surface area contributed by atoms with Crippen molar-refractivity contribution in [3.05, 3.63) is 10.6 Å². The average Bonchev–Trinajstić information content (AvgIpc) is 2.89. The maximum atomic E-state index is 11.8. The molecule has 0 saturated heterocycles. The first-order valence-corrected chi connectivity index (χ1v) is 6.80. The smallest absolute Gasteiger partial charge is 0.268 e. The Bertz CT molecular complexity index is 514. The Morgan fingerprint density at radius 2 is 2.13 bits per heavy atom. The van der Waals surface area contributed by atoms with E-state index in [2.05, 4.69) is 4.98 Å². The first-order valence-electron chi connectivity index (χ1n) is 4.44. The minimum absolute atomic E-state index is 0.0244. The van der Waals surface area contributed by atoms with E-state index in [1.54, 1.807) is 6.92 Å². The topological polar surface area (TPSA) is 90.1 Å². The lowest BCUT2D eigenvalue weighted by atomic mass is 10.4. The van der Waals surface area contributed by atoms with E-state index in [1.807, 2.05) is 0 Å². The second-order valence-electron chi connectivity index (χ2n) is 3.49. The molecular weight excluding hydrogens is 236 g/mol. The highest BCUT2D eigenvalue weighted by Gasteiger charge is 2.39. The fourth-order valence-corrected chi connectivity index (χ4v) is 4.39. The lowest BCUT2D eigenvalue weighted by Gasteiger charge is -1.94. The minimum Gasteiger partial charge on any atom is -0.364 e. The van der Waals surface area contributed by atoms with E-state index in [4.69, 9.17) is 5.73 Å². The molecule has 1 amide bonds. The molecule has 0 aliphatic heterocycles. The third-order valence-electron chi connectivity index (χ3n) is 2.22. The summed E-state index contributed by atoms with van der Waals surface area (Å²) in [5.74, 6) is -0.680. The van der Waals surface area contributed by atoms with Gasteiger partial charge in [0.25, 0.3) is 5.91 Å². The quantitative estimate of drug-likeness (QED) is 0.840. The summed E-state index contributed by atoms with van der Waals surface area (Å²) in [5, 5.41) is -0.302. The van der Waals surface area contributed by atoms with Crippen molar-refractivity contribution in [1.82, 2.24) is 4.98 Å². The van der Waals surface area contributed by atoms with Crippen molar-refractivity contribution < 1.29 is 13.2 Å².